The first-order valence-corrected chi connectivity index (χ1v) is 7.11. The molecule has 0 fully saturated rings. The smallest absolute Gasteiger partial charge is 0.163 e. The largest absolute Gasteiger partial charge is 0.396 e. The van der Waals surface area contributed by atoms with E-state index in [0.717, 1.165) is 22.7 Å². The lowest BCUT2D eigenvalue weighted by Gasteiger charge is -2.06. The van der Waals surface area contributed by atoms with E-state index in [9.17, 15) is 8.78 Å². The molecule has 0 unspecified atom stereocenters. The van der Waals surface area contributed by atoms with Crippen molar-refractivity contribution in [2.45, 2.75) is 0 Å². The van der Waals surface area contributed by atoms with Crippen molar-refractivity contribution in [2.24, 2.45) is 0 Å². The highest BCUT2D eigenvalue weighted by Crippen LogP contribution is 2.39. The standard InChI is InChI=1S/C15H9F2N3S/c16-7-3-10-11(6-20-15(10)19-5-7)9-4-12(18)13(17)14-8(9)1-2-21-14/h1-6H,18H2,(H,19,20). The Morgan fingerprint density at radius 2 is 2.00 bits per heavy atom. The van der Waals surface area contributed by atoms with E-state index in [4.69, 9.17) is 5.73 Å². The topological polar surface area (TPSA) is 54.7 Å². The number of aromatic amines is 1. The van der Waals surface area contributed by atoms with Crippen LogP contribution in [0.2, 0.25) is 0 Å². The fourth-order valence-electron chi connectivity index (χ4n) is 2.54. The molecular formula is C15H9F2N3S. The predicted octanol–water partition coefficient (Wildman–Crippen LogP) is 4.31. The highest BCUT2D eigenvalue weighted by atomic mass is 32.1. The molecule has 0 atom stereocenters. The number of H-pyrrole nitrogens is 1. The van der Waals surface area contributed by atoms with Crippen LogP contribution in [0.1, 0.15) is 0 Å². The monoisotopic (exact) mass is 301 g/mol. The lowest BCUT2D eigenvalue weighted by atomic mass is 10.0. The van der Waals surface area contributed by atoms with Gasteiger partial charge in [-0.1, -0.05) is 0 Å². The van der Waals surface area contributed by atoms with Crippen LogP contribution in [0.25, 0.3) is 32.2 Å². The van der Waals surface area contributed by atoms with Gasteiger partial charge in [-0.15, -0.1) is 11.3 Å². The van der Waals surface area contributed by atoms with Gasteiger partial charge in [0.05, 0.1) is 16.6 Å². The summed E-state index contributed by atoms with van der Waals surface area (Å²) in [7, 11) is 0. The Kier molecular flexibility index (Phi) is 2.49. The number of nitrogens with two attached hydrogens (primary N) is 1. The van der Waals surface area contributed by atoms with E-state index in [0.29, 0.717) is 15.7 Å². The molecule has 1 aromatic carbocycles. The Balaban J connectivity index is 2.11. The van der Waals surface area contributed by atoms with Gasteiger partial charge in [0.25, 0.3) is 0 Å². The number of halogens is 2. The molecule has 0 saturated heterocycles. The normalized spacial score (nSPS) is 11.5. The minimum atomic E-state index is -0.417. The van der Waals surface area contributed by atoms with Crippen LogP contribution in [0, 0.1) is 11.6 Å². The van der Waals surface area contributed by atoms with E-state index in [-0.39, 0.29) is 5.69 Å². The Hall–Kier alpha value is -2.47. The Labute approximate surface area is 122 Å². The summed E-state index contributed by atoms with van der Waals surface area (Å²) in [6.45, 7) is 0. The molecule has 4 aromatic rings. The van der Waals surface area contributed by atoms with E-state index in [1.807, 2.05) is 11.4 Å². The van der Waals surface area contributed by atoms with Crippen LogP contribution < -0.4 is 5.73 Å². The van der Waals surface area contributed by atoms with E-state index in [1.165, 1.54) is 17.4 Å². The van der Waals surface area contributed by atoms with Crippen molar-refractivity contribution in [3.63, 3.8) is 0 Å². The van der Waals surface area contributed by atoms with Gasteiger partial charge in [0.15, 0.2) is 5.82 Å². The van der Waals surface area contributed by atoms with Gasteiger partial charge in [0, 0.05) is 22.5 Å². The summed E-state index contributed by atoms with van der Waals surface area (Å²) in [5.41, 5.74) is 7.94. The minimum Gasteiger partial charge on any atom is -0.396 e. The average molecular weight is 301 g/mol. The van der Waals surface area contributed by atoms with Gasteiger partial charge < -0.3 is 10.7 Å². The Morgan fingerprint density at radius 1 is 1.14 bits per heavy atom. The minimum absolute atomic E-state index is 0.0821. The zero-order chi connectivity index (χ0) is 14.6. The first-order valence-electron chi connectivity index (χ1n) is 6.23. The molecule has 6 heteroatoms. The summed E-state index contributed by atoms with van der Waals surface area (Å²) in [4.78, 5) is 7.00. The highest BCUT2D eigenvalue weighted by Gasteiger charge is 2.16. The van der Waals surface area contributed by atoms with Crippen molar-refractivity contribution in [3.05, 3.63) is 47.6 Å². The van der Waals surface area contributed by atoms with Gasteiger partial charge in [-0.25, -0.2) is 13.8 Å². The molecule has 3 aromatic heterocycles. The molecule has 21 heavy (non-hydrogen) atoms. The van der Waals surface area contributed by atoms with Crippen molar-refractivity contribution in [1.29, 1.82) is 0 Å². The fraction of sp³-hybridized carbons (Fsp3) is 0. The van der Waals surface area contributed by atoms with Crippen molar-refractivity contribution in [3.8, 4) is 11.1 Å². The second-order valence-electron chi connectivity index (χ2n) is 4.74. The molecule has 0 aliphatic rings. The molecule has 0 bridgehead atoms. The molecule has 0 aliphatic carbocycles. The number of benzene rings is 1. The van der Waals surface area contributed by atoms with Gasteiger partial charge in [-0.05, 0) is 29.1 Å². The van der Waals surface area contributed by atoms with E-state index in [1.54, 1.807) is 12.3 Å². The van der Waals surface area contributed by atoms with E-state index in [2.05, 4.69) is 9.97 Å². The Morgan fingerprint density at radius 3 is 2.86 bits per heavy atom. The molecule has 104 valence electrons. The number of nitrogens with one attached hydrogen (secondary N) is 1. The number of aromatic nitrogens is 2. The summed E-state index contributed by atoms with van der Waals surface area (Å²) < 4.78 is 28.0. The fourth-order valence-corrected chi connectivity index (χ4v) is 3.41. The number of hydrogen-bond acceptors (Lipinski definition) is 3. The maximum absolute atomic E-state index is 14.0. The summed E-state index contributed by atoms with van der Waals surface area (Å²) in [6.07, 6.45) is 2.89. The molecule has 3 nitrogen and oxygen atoms in total. The van der Waals surface area contributed by atoms with Gasteiger partial charge in [0.1, 0.15) is 11.5 Å². The lowest BCUT2D eigenvalue weighted by molar-refractivity contribution is 0.624. The average Bonchev–Trinajstić information content (AvgIpc) is 3.09. The number of thiophene rings is 1. The molecule has 0 amide bonds. The van der Waals surface area contributed by atoms with E-state index < -0.39 is 11.6 Å². The van der Waals surface area contributed by atoms with Crippen LogP contribution in [0.15, 0.2) is 36.0 Å². The molecule has 4 rings (SSSR count). The van der Waals surface area contributed by atoms with Crippen LogP contribution in [-0.4, -0.2) is 9.97 Å². The summed E-state index contributed by atoms with van der Waals surface area (Å²) in [6, 6.07) is 4.83. The summed E-state index contributed by atoms with van der Waals surface area (Å²) in [5.74, 6) is -0.826. The van der Waals surface area contributed by atoms with E-state index >= 15 is 0 Å². The number of rotatable bonds is 1. The SMILES string of the molecule is Nc1cc(-c2c[nH]c3ncc(F)cc23)c2ccsc2c1F. The maximum atomic E-state index is 14.0. The summed E-state index contributed by atoms with van der Waals surface area (Å²) in [5, 5.41) is 3.22. The second kappa shape index (κ2) is 4.26. The number of pyridine rings is 1. The van der Waals surface area contributed by atoms with Gasteiger partial charge in [-0.2, -0.15) is 0 Å². The number of fused-ring (bicyclic) bond motifs is 2. The number of hydrogen-bond donors (Lipinski definition) is 2. The molecule has 0 saturated carbocycles. The molecule has 0 aliphatic heterocycles. The predicted molar refractivity (Wildman–Crippen MR) is 81.2 cm³/mol. The number of anilines is 1. The molecule has 3 heterocycles. The lowest BCUT2D eigenvalue weighted by Crippen LogP contribution is -1.92. The van der Waals surface area contributed by atoms with Crippen molar-refractivity contribution < 1.29 is 8.78 Å². The van der Waals surface area contributed by atoms with Crippen LogP contribution in [0.5, 0.6) is 0 Å². The van der Waals surface area contributed by atoms with Crippen LogP contribution in [0.4, 0.5) is 14.5 Å². The van der Waals surface area contributed by atoms with Gasteiger partial charge >= 0.3 is 0 Å². The zero-order valence-corrected chi connectivity index (χ0v) is 11.5. The molecule has 0 spiro atoms. The zero-order valence-electron chi connectivity index (χ0n) is 10.7. The van der Waals surface area contributed by atoms with Crippen LogP contribution in [-0.2, 0) is 0 Å². The van der Waals surface area contributed by atoms with Crippen molar-refractivity contribution in [2.75, 3.05) is 5.73 Å². The second-order valence-corrected chi connectivity index (χ2v) is 5.66. The molecule has 3 N–H and O–H groups in total. The van der Waals surface area contributed by atoms with Gasteiger partial charge in [0.2, 0.25) is 0 Å². The highest BCUT2D eigenvalue weighted by molar-refractivity contribution is 7.17. The molecule has 0 radical (unpaired) electrons. The van der Waals surface area contributed by atoms with Crippen LogP contribution in [0.3, 0.4) is 0 Å². The van der Waals surface area contributed by atoms with Gasteiger partial charge in [-0.3, -0.25) is 0 Å². The Bertz CT molecular complexity index is 987. The quantitative estimate of drug-likeness (QED) is 0.515. The first kappa shape index (κ1) is 12.3. The molecular weight excluding hydrogens is 292 g/mol. The third-order valence-electron chi connectivity index (χ3n) is 3.50. The maximum Gasteiger partial charge on any atom is 0.163 e. The summed E-state index contributed by atoms with van der Waals surface area (Å²) >= 11 is 1.29. The third kappa shape index (κ3) is 1.72. The van der Waals surface area contributed by atoms with Crippen LogP contribution >= 0.6 is 11.3 Å². The third-order valence-corrected chi connectivity index (χ3v) is 4.40. The van der Waals surface area contributed by atoms with Crippen molar-refractivity contribution >= 4 is 38.1 Å². The first-order chi connectivity index (χ1) is 10.1. The number of nitrogens with zero attached hydrogens (tertiary/aromatic N) is 1. The van der Waals surface area contributed by atoms with Crippen molar-refractivity contribution in [1.82, 2.24) is 9.97 Å². The number of nitrogen functional groups attached to an aromatic ring is 1.